The second kappa shape index (κ2) is 8.74. The Bertz CT molecular complexity index is 1150. The van der Waals surface area contributed by atoms with Gasteiger partial charge in [0.2, 0.25) is 0 Å². The van der Waals surface area contributed by atoms with Crippen LogP contribution in [0.25, 0.3) is 27.7 Å². The molecule has 0 atom stereocenters. The number of hydrogen-bond acceptors (Lipinski definition) is 3. The minimum atomic E-state index is 0. The zero-order valence-corrected chi connectivity index (χ0v) is 17.4. The molecule has 30 heavy (non-hydrogen) atoms. The molecule has 0 saturated carbocycles. The number of piperazine rings is 1. The van der Waals surface area contributed by atoms with Gasteiger partial charge in [-0.25, -0.2) is 0 Å². The summed E-state index contributed by atoms with van der Waals surface area (Å²) in [6.07, 6.45) is 1.01. The lowest BCUT2D eigenvalue weighted by molar-refractivity contribution is 0.112. The highest BCUT2D eigenvalue weighted by Crippen LogP contribution is 2.35. The lowest BCUT2D eigenvalue weighted by Crippen LogP contribution is -2.44. The second-order valence-corrected chi connectivity index (χ2v) is 7.36. The molecule has 0 amide bonds. The van der Waals surface area contributed by atoms with Gasteiger partial charge in [-0.1, -0.05) is 60.7 Å². The normalized spacial score (nSPS) is 13.8. The average molecular weight is 418 g/mol. The summed E-state index contributed by atoms with van der Waals surface area (Å²) in [6, 6.07) is 27.2. The fraction of sp³-hybridized carbons (Fsp3) is 0.160. The molecule has 152 valence electrons. The third-order valence-corrected chi connectivity index (χ3v) is 5.65. The van der Waals surface area contributed by atoms with Crippen LogP contribution in [0.4, 0.5) is 5.82 Å². The minimum Gasteiger partial charge on any atom is -0.355 e. The number of rotatable bonds is 4. The molecule has 1 fully saturated rings. The number of nitrogens with one attached hydrogen (secondary N) is 1. The molecule has 0 spiro atoms. The summed E-state index contributed by atoms with van der Waals surface area (Å²) in [4.78, 5) is 14.4. The first-order valence-electron chi connectivity index (χ1n) is 10.1. The highest BCUT2D eigenvalue weighted by Gasteiger charge is 2.23. The van der Waals surface area contributed by atoms with Crippen molar-refractivity contribution >= 4 is 35.4 Å². The minimum absolute atomic E-state index is 0. The van der Waals surface area contributed by atoms with Gasteiger partial charge in [0.15, 0.2) is 6.29 Å². The average Bonchev–Trinajstić information content (AvgIpc) is 3.15. The van der Waals surface area contributed by atoms with Gasteiger partial charge in [0, 0.05) is 37.3 Å². The molecule has 5 rings (SSSR count). The van der Waals surface area contributed by atoms with Crippen LogP contribution in [-0.4, -0.2) is 37.0 Å². The highest BCUT2D eigenvalue weighted by molar-refractivity contribution is 6.05. The molecule has 2 heterocycles. The molecule has 0 radical (unpaired) electrons. The molecule has 4 aromatic rings. The van der Waals surface area contributed by atoms with E-state index in [4.69, 9.17) is 0 Å². The number of aromatic nitrogens is 1. The van der Waals surface area contributed by atoms with E-state index in [0.717, 1.165) is 60.4 Å². The van der Waals surface area contributed by atoms with Gasteiger partial charge < -0.3 is 10.2 Å². The molecule has 0 unspecified atom stereocenters. The van der Waals surface area contributed by atoms with Gasteiger partial charge in [-0.15, -0.1) is 12.4 Å². The number of nitrogens with zero attached hydrogens (tertiary/aromatic N) is 2. The van der Waals surface area contributed by atoms with E-state index in [1.54, 1.807) is 0 Å². The maximum Gasteiger partial charge on any atom is 0.154 e. The zero-order valence-electron chi connectivity index (χ0n) is 16.6. The first-order chi connectivity index (χ1) is 14.4. The summed E-state index contributed by atoms with van der Waals surface area (Å²) in [5, 5.41) is 4.40. The summed E-state index contributed by atoms with van der Waals surface area (Å²) < 4.78 is 2.24. The van der Waals surface area contributed by atoms with E-state index in [0.29, 0.717) is 0 Å². The highest BCUT2D eigenvalue weighted by atomic mass is 35.5. The van der Waals surface area contributed by atoms with Crippen LogP contribution in [0, 0.1) is 0 Å². The van der Waals surface area contributed by atoms with E-state index in [1.165, 1.54) is 11.1 Å². The maximum atomic E-state index is 12.1. The maximum absolute atomic E-state index is 12.1. The molecule has 1 saturated heterocycles. The van der Waals surface area contributed by atoms with Crippen molar-refractivity contribution < 1.29 is 4.79 Å². The first kappa shape index (κ1) is 20.2. The van der Waals surface area contributed by atoms with Crippen LogP contribution in [0.1, 0.15) is 10.4 Å². The van der Waals surface area contributed by atoms with E-state index in [9.17, 15) is 4.79 Å². The number of para-hydroxylation sites is 1. The Balaban J connectivity index is 0.00000218. The number of carbonyl (C=O) groups is 1. The second-order valence-electron chi connectivity index (χ2n) is 7.36. The molecular formula is C25H24ClN3O. The zero-order chi connectivity index (χ0) is 19.6. The lowest BCUT2D eigenvalue weighted by atomic mass is 10.1. The van der Waals surface area contributed by atoms with Crippen LogP contribution in [0.2, 0.25) is 0 Å². The molecular weight excluding hydrogens is 394 g/mol. The monoisotopic (exact) mass is 417 g/mol. The van der Waals surface area contributed by atoms with Crippen LogP contribution < -0.4 is 10.2 Å². The van der Waals surface area contributed by atoms with Crippen molar-refractivity contribution in [3.05, 3.63) is 84.4 Å². The summed E-state index contributed by atoms with van der Waals surface area (Å²) >= 11 is 0. The van der Waals surface area contributed by atoms with Gasteiger partial charge in [-0.2, -0.15) is 0 Å². The van der Waals surface area contributed by atoms with E-state index in [1.807, 2.05) is 24.3 Å². The number of carbonyl (C=O) groups excluding carboxylic acids is 1. The molecule has 1 aromatic heterocycles. The fourth-order valence-electron chi connectivity index (χ4n) is 4.25. The van der Waals surface area contributed by atoms with E-state index < -0.39 is 0 Å². The fourth-order valence-corrected chi connectivity index (χ4v) is 4.25. The largest absolute Gasteiger partial charge is 0.355 e. The van der Waals surface area contributed by atoms with Gasteiger partial charge in [-0.05, 0) is 29.3 Å². The van der Waals surface area contributed by atoms with Crippen LogP contribution in [0.5, 0.6) is 0 Å². The number of halogens is 1. The van der Waals surface area contributed by atoms with Crippen molar-refractivity contribution in [3.8, 4) is 16.8 Å². The number of aldehydes is 1. The Kier molecular flexibility index (Phi) is 5.88. The number of benzene rings is 3. The predicted octanol–water partition coefficient (Wildman–Crippen LogP) is 4.94. The molecule has 5 heteroatoms. The molecule has 1 N–H and O–H groups in total. The molecule has 1 aliphatic rings. The van der Waals surface area contributed by atoms with E-state index in [-0.39, 0.29) is 12.4 Å². The molecule has 0 bridgehead atoms. The number of hydrogen-bond donors (Lipinski definition) is 1. The lowest BCUT2D eigenvalue weighted by Gasteiger charge is -2.31. The van der Waals surface area contributed by atoms with E-state index >= 15 is 0 Å². The number of fused-ring (bicyclic) bond motifs is 1. The first-order valence-corrected chi connectivity index (χ1v) is 10.1. The van der Waals surface area contributed by atoms with Gasteiger partial charge in [0.05, 0.1) is 11.1 Å². The van der Waals surface area contributed by atoms with Crippen LogP contribution in [-0.2, 0) is 0 Å². The predicted molar refractivity (Wildman–Crippen MR) is 126 cm³/mol. The Morgan fingerprint density at radius 3 is 2.10 bits per heavy atom. The summed E-state index contributed by atoms with van der Waals surface area (Å²) in [7, 11) is 0. The van der Waals surface area contributed by atoms with Gasteiger partial charge >= 0.3 is 0 Å². The van der Waals surface area contributed by atoms with Crippen molar-refractivity contribution in [2.45, 2.75) is 0 Å². The van der Waals surface area contributed by atoms with Gasteiger partial charge in [0.25, 0.3) is 0 Å². The van der Waals surface area contributed by atoms with Crippen molar-refractivity contribution in [2.75, 3.05) is 31.1 Å². The van der Waals surface area contributed by atoms with Crippen molar-refractivity contribution in [2.24, 2.45) is 0 Å². The van der Waals surface area contributed by atoms with Crippen LogP contribution in [0.15, 0.2) is 78.9 Å². The van der Waals surface area contributed by atoms with Crippen LogP contribution >= 0.6 is 12.4 Å². The van der Waals surface area contributed by atoms with Gasteiger partial charge in [0.1, 0.15) is 5.82 Å². The Hall–Kier alpha value is -3.08. The molecule has 0 aliphatic carbocycles. The van der Waals surface area contributed by atoms with Crippen molar-refractivity contribution in [1.82, 2.24) is 9.88 Å². The Labute approximate surface area is 182 Å². The smallest absolute Gasteiger partial charge is 0.154 e. The molecule has 3 aromatic carbocycles. The third kappa shape index (κ3) is 3.49. The topological polar surface area (TPSA) is 37.3 Å². The Morgan fingerprint density at radius 2 is 1.40 bits per heavy atom. The Morgan fingerprint density at radius 1 is 0.767 bits per heavy atom. The summed E-state index contributed by atoms with van der Waals surface area (Å²) in [6.45, 7) is 3.62. The summed E-state index contributed by atoms with van der Waals surface area (Å²) in [5.74, 6) is 0.996. The van der Waals surface area contributed by atoms with Crippen LogP contribution in [0.3, 0.4) is 0 Å². The molecule has 1 aliphatic heterocycles. The molecule has 4 nitrogen and oxygen atoms in total. The third-order valence-electron chi connectivity index (χ3n) is 5.65. The standard InChI is InChI=1S/C25H23N3O.ClH/c29-18-23-22-8-4-5-9-24(22)28(25(23)27-16-14-26-15-17-27)21-12-10-20(11-13-21)19-6-2-1-3-7-19;/h1-13,18,26H,14-17H2;1H. The quantitative estimate of drug-likeness (QED) is 0.478. The van der Waals surface area contributed by atoms with Crippen molar-refractivity contribution in [3.63, 3.8) is 0 Å². The SMILES string of the molecule is Cl.O=Cc1c(N2CCNCC2)n(-c2ccc(-c3ccccc3)cc2)c2ccccc12. The van der Waals surface area contributed by atoms with Gasteiger partial charge in [-0.3, -0.25) is 9.36 Å². The summed E-state index contributed by atoms with van der Waals surface area (Å²) in [5.41, 5.74) is 5.30. The van der Waals surface area contributed by atoms with E-state index in [2.05, 4.69) is 69.4 Å². The van der Waals surface area contributed by atoms with Crippen molar-refractivity contribution in [1.29, 1.82) is 0 Å². The number of anilines is 1.